The Morgan fingerprint density at radius 2 is 2.00 bits per heavy atom. The van der Waals surface area contributed by atoms with E-state index in [2.05, 4.69) is 51.4 Å². The van der Waals surface area contributed by atoms with E-state index in [1.54, 1.807) is 0 Å². The molecule has 136 valence electrons. The summed E-state index contributed by atoms with van der Waals surface area (Å²) < 4.78 is 5.51. The summed E-state index contributed by atoms with van der Waals surface area (Å²) in [5.41, 5.74) is 5.19. The Morgan fingerprint density at radius 1 is 1.19 bits per heavy atom. The van der Waals surface area contributed by atoms with Gasteiger partial charge in [0.05, 0.1) is 18.3 Å². The molecule has 2 N–H and O–H groups in total. The number of aromatic nitrogens is 3. The zero-order valence-corrected chi connectivity index (χ0v) is 15.1. The van der Waals surface area contributed by atoms with Crippen molar-refractivity contribution in [2.45, 2.75) is 32.9 Å². The van der Waals surface area contributed by atoms with Crippen molar-refractivity contribution in [1.82, 2.24) is 20.3 Å². The number of H-pyrrole nitrogens is 1. The van der Waals surface area contributed by atoms with Crippen LogP contribution in [0.4, 0.5) is 0 Å². The maximum atomic E-state index is 10.4. The Balaban J connectivity index is 1.38. The highest BCUT2D eigenvalue weighted by Crippen LogP contribution is 2.25. The van der Waals surface area contributed by atoms with Crippen LogP contribution in [0, 0.1) is 19.8 Å². The van der Waals surface area contributed by atoms with Crippen molar-refractivity contribution < 1.29 is 9.63 Å². The topological polar surface area (TPSA) is 78.2 Å². The Hall–Kier alpha value is -2.44. The Labute approximate surface area is 152 Å². The summed E-state index contributed by atoms with van der Waals surface area (Å²) in [5.74, 6) is 1.02. The van der Waals surface area contributed by atoms with E-state index in [-0.39, 0.29) is 12.0 Å². The number of aliphatic hydroxyl groups excluding tert-OH is 1. The molecule has 1 fully saturated rings. The second-order valence-corrected chi connectivity index (χ2v) is 7.31. The first-order chi connectivity index (χ1) is 12.6. The Bertz CT molecular complexity index is 868. The van der Waals surface area contributed by atoms with Crippen LogP contribution in [0.5, 0.6) is 0 Å². The largest absolute Gasteiger partial charge is 0.391 e. The van der Waals surface area contributed by atoms with Gasteiger partial charge >= 0.3 is 0 Å². The van der Waals surface area contributed by atoms with E-state index in [4.69, 9.17) is 4.52 Å². The average Bonchev–Trinajstić information content (AvgIpc) is 3.31. The van der Waals surface area contributed by atoms with Crippen LogP contribution in [0.1, 0.15) is 22.7 Å². The molecule has 1 aromatic carbocycles. The lowest BCUT2D eigenvalue weighted by atomic mass is 10.0. The van der Waals surface area contributed by atoms with Crippen LogP contribution in [-0.2, 0) is 13.0 Å². The zero-order valence-electron chi connectivity index (χ0n) is 15.1. The summed E-state index contributed by atoms with van der Waals surface area (Å²) in [6, 6.07) is 12.3. The van der Waals surface area contributed by atoms with Gasteiger partial charge in [-0.3, -0.25) is 10.00 Å². The molecule has 1 saturated heterocycles. The molecule has 0 bridgehead atoms. The van der Waals surface area contributed by atoms with Crippen molar-refractivity contribution in [2.24, 2.45) is 5.92 Å². The van der Waals surface area contributed by atoms with E-state index in [9.17, 15) is 5.11 Å². The van der Waals surface area contributed by atoms with Gasteiger partial charge in [-0.05, 0) is 26.3 Å². The monoisotopic (exact) mass is 352 g/mol. The van der Waals surface area contributed by atoms with Crippen LogP contribution < -0.4 is 0 Å². The fourth-order valence-corrected chi connectivity index (χ4v) is 3.59. The van der Waals surface area contributed by atoms with E-state index >= 15 is 0 Å². The van der Waals surface area contributed by atoms with E-state index in [0.717, 1.165) is 41.4 Å². The molecule has 2 aromatic heterocycles. The number of rotatable bonds is 5. The lowest BCUT2D eigenvalue weighted by Gasteiger charge is -2.12. The van der Waals surface area contributed by atoms with Crippen molar-refractivity contribution in [1.29, 1.82) is 0 Å². The van der Waals surface area contributed by atoms with Crippen molar-refractivity contribution in [3.63, 3.8) is 0 Å². The Kier molecular flexibility index (Phi) is 4.61. The van der Waals surface area contributed by atoms with Gasteiger partial charge in [0, 0.05) is 36.3 Å². The fraction of sp³-hybridized carbons (Fsp3) is 0.400. The number of hydrogen-bond acceptors (Lipinski definition) is 5. The molecule has 1 aliphatic rings. The lowest BCUT2D eigenvalue weighted by molar-refractivity contribution is 0.139. The van der Waals surface area contributed by atoms with Crippen LogP contribution in [0.25, 0.3) is 11.3 Å². The van der Waals surface area contributed by atoms with Crippen molar-refractivity contribution >= 4 is 0 Å². The first-order valence-corrected chi connectivity index (χ1v) is 9.01. The van der Waals surface area contributed by atoms with E-state index in [0.29, 0.717) is 13.1 Å². The predicted molar refractivity (Wildman–Crippen MR) is 98.5 cm³/mol. The Morgan fingerprint density at radius 3 is 2.73 bits per heavy atom. The zero-order chi connectivity index (χ0) is 18.1. The molecular formula is C20H24N4O2. The molecule has 4 rings (SSSR count). The van der Waals surface area contributed by atoms with Crippen LogP contribution in [0.2, 0.25) is 0 Å². The van der Waals surface area contributed by atoms with Gasteiger partial charge in [0.1, 0.15) is 5.69 Å². The lowest BCUT2D eigenvalue weighted by Crippen LogP contribution is -2.21. The molecule has 0 radical (unpaired) electrons. The quantitative estimate of drug-likeness (QED) is 0.738. The molecule has 2 atom stereocenters. The number of β-amino-alcohol motifs (C(OH)–C–C–N with tert-alkyl or cyclic N) is 1. The van der Waals surface area contributed by atoms with Gasteiger partial charge in [-0.2, -0.15) is 5.10 Å². The maximum Gasteiger partial charge on any atom is 0.151 e. The summed E-state index contributed by atoms with van der Waals surface area (Å²) >= 11 is 0. The minimum atomic E-state index is -0.341. The first kappa shape index (κ1) is 17.0. The molecule has 6 heteroatoms. The van der Waals surface area contributed by atoms with Crippen LogP contribution in [0.3, 0.4) is 0 Å². The van der Waals surface area contributed by atoms with Crippen molar-refractivity contribution in [3.8, 4) is 11.3 Å². The minimum absolute atomic E-state index is 0.192. The maximum absolute atomic E-state index is 10.4. The molecule has 3 heterocycles. The second kappa shape index (κ2) is 7.05. The summed E-state index contributed by atoms with van der Waals surface area (Å²) in [6.45, 7) is 6.19. The van der Waals surface area contributed by atoms with Gasteiger partial charge in [-0.1, -0.05) is 35.0 Å². The summed E-state index contributed by atoms with van der Waals surface area (Å²) in [4.78, 5) is 2.22. The summed E-state index contributed by atoms with van der Waals surface area (Å²) in [6.07, 6.45) is 0.444. The van der Waals surface area contributed by atoms with E-state index < -0.39 is 0 Å². The number of hydrogen-bond donors (Lipinski definition) is 2. The number of aliphatic hydroxyl groups is 1. The summed E-state index contributed by atoms with van der Waals surface area (Å²) in [7, 11) is 0. The van der Waals surface area contributed by atoms with E-state index in [1.165, 1.54) is 5.56 Å². The highest BCUT2D eigenvalue weighted by molar-refractivity contribution is 5.59. The number of nitrogens with zero attached hydrogens (tertiary/aromatic N) is 3. The van der Waals surface area contributed by atoms with E-state index in [1.807, 2.05) is 19.1 Å². The van der Waals surface area contributed by atoms with Crippen LogP contribution >= 0.6 is 0 Å². The highest BCUT2D eigenvalue weighted by atomic mass is 16.5. The average molecular weight is 352 g/mol. The third-order valence-electron chi connectivity index (χ3n) is 5.00. The first-order valence-electron chi connectivity index (χ1n) is 9.01. The van der Waals surface area contributed by atoms with Gasteiger partial charge in [0.15, 0.2) is 5.76 Å². The highest BCUT2D eigenvalue weighted by Gasteiger charge is 2.32. The molecule has 1 aliphatic heterocycles. The number of nitrogens with one attached hydrogen (secondary N) is 1. The molecule has 0 unspecified atom stereocenters. The number of likely N-dealkylation sites (tertiary alicyclic amines) is 1. The SMILES string of the molecule is Cc1ccc(-c2cc(CN3C[C@@H](Cc4cc(C)[nH]n4)[C@@H](O)C3)on2)cc1. The molecule has 0 spiro atoms. The third-order valence-corrected chi connectivity index (χ3v) is 5.00. The second-order valence-electron chi connectivity index (χ2n) is 7.31. The van der Waals surface area contributed by atoms with Crippen LogP contribution in [-0.4, -0.2) is 44.6 Å². The molecule has 26 heavy (non-hydrogen) atoms. The normalized spacial score (nSPS) is 20.7. The number of aryl methyl sites for hydroxylation is 2. The molecule has 0 saturated carbocycles. The molecule has 6 nitrogen and oxygen atoms in total. The standard InChI is InChI=1S/C20H24N4O2/c1-13-3-5-15(6-4-13)19-9-18(26-23-19)11-24-10-16(20(25)12-24)8-17-7-14(2)21-22-17/h3-7,9,16,20,25H,8,10-12H2,1-2H3,(H,21,22)/t16-,20+/m1/s1. The van der Waals surface area contributed by atoms with Gasteiger partial charge in [0.2, 0.25) is 0 Å². The number of aromatic amines is 1. The van der Waals surface area contributed by atoms with Crippen molar-refractivity contribution in [3.05, 3.63) is 59.1 Å². The van der Waals surface area contributed by atoms with Gasteiger partial charge < -0.3 is 9.63 Å². The number of benzene rings is 1. The predicted octanol–water partition coefficient (Wildman–Crippen LogP) is 2.72. The smallest absolute Gasteiger partial charge is 0.151 e. The van der Waals surface area contributed by atoms with Gasteiger partial charge in [-0.15, -0.1) is 0 Å². The van der Waals surface area contributed by atoms with Crippen LogP contribution in [0.15, 0.2) is 40.9 Å². The van der Waals surface area contributed by atoms with Gasteiger partial charge in [0.25, 0.3) is 0 Å². The third kappa shape index (κ3) is 3.71. The molecule has 3 aromatic rings. The van der Waals surface area contributed by atoms with Gasteiger partial charge in [-0.25, -0.2) is 0 Å². The minimum Gasteiger partial charge on any atom is -0.391 e. The fourth-order valence-electron chi connectivity index (χ4n) is 3.59. The van der Waals surface area contributed by atoms with Crippen molar-refractivity contribution in [2.75, 3.05) is 13.1 Å². The molecular weight excluding hydrogens is 328 g/mol. The molecule has 0 aliphatic carbocycles. The molecule has 0 amide bonds. The summed E-state index contributed by atoms with van der Waals surface area (Å²) in [5, 5.41) is 21.8.